The van der Waals surface area contributed by atoms with Gasteiger partial charge in [0.1, 0.15) is 0 Å². The van der Waals surface area contributed by atoms with Crippen LogP contribution < -0.4 is 5.32 Å². The van der Waals surface area contributed by atoms with Crippen LogP contribution in [0.4, 0.5) is 0 Å². The fourth-order valence-corrected chi connectivity index (χ4v) is 3.61. The van der Waals surface area contributed by atoms with E-state index in [2.05, 4.69) is 82.8 Å². The van der Waals surface area contributed by atoms with Crippen LogP contribution in [0.25, 0.3) is 10.9 Å². The van der Waals surface area contributed by atoms with E-state index >= 15 is 0 Å². The van der Waals surface area contributed by atoms with Gasteiger partial charge in [0.15, 0.2) is 0 Å². The van der Waals surface area contributed by atoms with Gasteiger partial charge >= 0.3 is 0 Å². The molecule has 2 nitrogen and oxygen atoms in total. The summed E-state index contributed by atoms with van der Waals surface area (Å²) in [4.78, 5) is 0. The van der Waals surface area contributed by atoms with E-state index in [-0.39, 0.29) is 0 Å². The second-order valence-corrected chi connectivity index (χ2v) is 7.27. The third-order valence-corrected chi connectivity index (χ3v) is 5.14. The van der Waals surface area contributed by atoms with Gasteiger partial charge in [0.25, 0.3) is 0 Å². The molecule has 0 saturated carbocycles. The lowest BCUT2D eigenvalue weighted by Gasteiger charge is -2.05. The Morgan fingerprint density at radius 1 is 0.778 bits per heavy atom. The largest absolute Gasteiger partial charge is 0.343 e. The van der Waals surface area contributed by atoms with Crippen molar-refractivity contribution in [3.63, 3.8) is 0 Å². The minimum atomic E-state index is 0.790. The summed E-state index contributed by atoms with van der Waals surface area (Å²) in [6.45, 7) is 2.71. The lowest BCUT2D eigenvalue weighted by molar-refractivity contribution is 0.686. The molecule has 0 amide bonds. The Labute approximate surface area is 165 Å². The predicted molar refractivity (Wildman–Crippen MR) is 114 cm³/mol. The zero-order chi connectivity index (χ0) is 18.5. The molecule has 1 N–H and O–H groups in total. The number of aromatic nitrogens is 1. The monoisotopic (exact) mass is 374 g/mol. The summed E-state index contributed by atoms with van der Waals surface area (Å²) in [5.41, 5.74) is 5.26. The number of hydrogen-bond acceptors (Lipinski definition) is 1. The third-order valence-electron chi connectivity index (χ3n) is 4.89. The summed E-state index contributed by atoms with van der Waals surface area (Å²) in [6.07, 6.45) is 3.28. The van der Waals surface area contributed by atoms with Crippen molar-refractivity contribution in [2.75, 3.05) is 6.54 Å². The molecule has 136 valence electrons. The molecule has 0 aliphatic heterocycles. The fraction of sp³-hybridized carbons (Fsp3) is 0.167. The first-order valence-corrected chi connectivity index (χ1v) is 9.73. The predicted octanol–water partition coefficient (Wildman–Crippen LogP) is 5.68. The van der Waals surface area contributed by atoms with Crippen LogP contribution in [0.3, 0.4) is 0 Å². The van der Waals surface area contributed by atoms with E-state index in [9.17, 15) is 0 Å². The van der Waals surface area contributed by atoms with Crippen molar-refractivity contribution in [2.45, 2.75) is 19.5 Å². The van der Waals surface area contributed by atoms with E-state index in [1.165, 1.54) is 27.6 Å². The van der Waals surface area contributed by atoms with E-state index in [1.807, 2.05) is 12.1 Å². The van der Waals surface area contributed by atoms with E-state index in [0.29, 0.717) is 0 Å². The van der Waals surface area contributed by atoms with Crippen molar-refractivity contribution in [1.29, 1.82) is 0 Å². The van der Waals surface area contributed by atoms with Gasteiger partial charge in [-0.15, -0.1) is 0 Å². The van der Waals surface area contributed by atoms with Gasteiger partial charge < -0.3 is 9.88 Å². The highest BCUT2D eigenvalue weighted by molar-refractivity contribution is 6.30. The molecule has 0 fully saturated rings. The van der Waals surface area contributed by atoms with Gasteiger partial charge in [0.2, 0.25) is 0 Å². The molecule has 0 spiro atoms. The van der Waals surface area contributed by atoms with Gasteiger partial charge in [-0.2, -0.15) is 0 Å². The van der Waals surface area contributed by atoms with Crippen molar-refractivity contribution in [2.24, 2.45) is 0 Å². The zero-order valence-corrected chi connectivity index (χ0v) is 16.0. The van der Waals surface area contributed by atoms with Crippen LogP contribution in [-0.2, 0) is 19.5 Å². The molecule has 3 aromatic carbocycles. The Hall–Kier alpha value is -2.55. The van der Waals surface area contributed by atoms with Crippen LogP contribution in [0, 0.1) is 0 Å². The summed E-state index contributed by atoms with van der Waals surface area (Å²) in [5.74, 6) is 0. The molecular formula is C24H23ClN2. The molecule has 0 unspecified atom stereocenters. The summed E-state index contributed by atoms with van der Waals surface area (Å²) in [7, 11) is 0. The minimum Gasteiger partial charge on any atom is -0.343 e. The minimum absolute atomic E-state index is 0.790. The van der Waals surface area contributed by atoms with E-state index in [1.54, 1.807) is 0 Å². The Kier molecular flexibility index (Phi) is 5.57. The molecule has 4 rings (SSSR count). The molecular weight excluding hydrogens is 352 g/mol. The maximum absolute atomic E-state index is 5.95. The van der Waals surface area contributed by atoms with Crippen LogP contribution in [0.2, 0.25) is 5.02 Å². The zero-order valence-electron chi connectivity index (χ0n) is 15.2. The second-order valence-electron chi connectivity index (χ2n) is 6.84. The van der Waals surface area contributed by atoms with Gasteiger partial charge in [-0.1, -0.05) is 72.3 Å². The number of halogens is 1. The topological polar surface area (TPSA) is 17.0 Å². The number of fused-ring (bicyclic) bond motifs is 1. The Bertz CT molecular complexity index is 1000. The summed E-state index contributed by atoms with van der Waals surface area (Å²) in [6, 6.07) is 27.4. The highest BCUT2D eigenvalue weighted by Crippen LogP contribution is 2.22. The standard InChI is InChI=1S/C24H23ClN2/c25-22-12-10-19(11-13-22)14-15-26-16-21-18-27(17-20-6-2-1-3-7-20)24-9-5-4-8-23(21)24/h1-13,18,26H,14-17H2. The molecule has 0 aliphatic rings. The number of nitrogens with one attached hydrogen (secondary N) is 1. The van der Waals surface area contributed by atoms with E-state index in [4.69, 9.17) is 11.6 Å². The Morgan fingerprint density at radius 2 is 1.52 bits per heavy atom. The van der Waals surface area contributed by atoms with Crippen LogP contribution in [0.1, 0.15) is 16.7 Å². The maximum Gasteiger partial charge on any atom is 0.0486 e. The molecule has 0 atom stereocenters. The Morgan fingerprint density at radius 3 is 2.33 bits per heavy atom. The summed E-state index contributed by atoms with van der Waals surface area (Å²) in [5, 5.41) is 5.70. The van der Waals surface area contributed by atoms with Crippen molar-refractivity contribution < 1.29 is 0 Å². The molecule has 3 heteroatoms. The van der Waals surface area contributed by atoms with Gasteiger partial charge in [-0.3, -0.25) is 0 Å². The Balaban J connectivity index is 1.44. The van der Waals surface area contributed by atoms with Gasteiger partial charge in [0.05, 0.1) is 0 Å². The first kappa shape index (κ1) is 17.8. The van der Waals surface area contributed by atoms with Gasteiger partial charge in [-0.05, 0) is 47.9 Å². The average Bonchev–Trinajstić information content (AvgIpc) is 3.05. The first-order chi connectivity index (χ1) is 13.3. The molecule has 1 aromatic heterocycles. The number of para-hydroxylation sites is 1. The maximum atomic E-state index is 5.95. The number of hydrogen-bond donors (Lipinski definition) is 1. The summed E-state index contributed by atoms with van der Waals surface area (Å²) >= 11 is 5.95. The normalized spacial score (nSPS) is 11.1. The highest BCUT2D eigenvalue weighted by atomic mass is 35.5. The van der Waals surface area contributed by atoms with Gasteiger partial charge in [-0.25, -0.2) is 0 Å². The van der Waals surface area contributed by atoms with Crippen LogP contribution >= 0.6 is 11.6 Å². The first-order valence-electron chi connectivity index (χ1n) is 9.35. The van der Waals surface area contributed by atoms with Crippen LogP contribution in [0.5, 0.6) is 0 Å². The number of benzene rings is 3. The smallest absolute Gasteiger partial charge is 0.0486 e. The molecule has 0 saturated heterocycles. The molecule has 1 heterocycles. The summed E-state index contributed by atoms with van der Waals surface area (Å²) < 4.78 is 2.35. The number of nitrogens with zero attached hydrogens (tertiary/aromatic N) is 1. The van der Waals surface area contributed by atoms with Crippen LogP contribution in [-0.4, -0.2) is 11.1 Å². The van der Waals surface area contributed by atoms with E-state index < -0.39 is 0 Å². The molecule has 27 heavy (non-hydrogen) atoms. The van der Waals surface area contributed by atoms with E-state index in [0.717, 1.165) is 31.1 Å². The van der Waals surface area contributed by atoms with Crippen molar-refractivity contribution in [3.05, 3.63) is 107 Å². The quantitative estimate of drug-likeness (QED) is 0.412. The van der Waals surface area contributed by atoms with Crippen molar-refractivity contribution in [3.8, 4) is 0 Å². The SMILES string of the molecule is Clc1ccc(CCNCc2cn(Cc3ccccc3)c3ccccc23)cc1. The number of rotatable bonds is 7. The lowest BCUT2D eigenvalue weighted by Crippen LogP contribution is -2.16. The molecule has 4 aromatic rings. The fourth-order valence-electron chi connectivity index (χ4n) is 3.48. The van der Waals surface area contributed by atoms with Crippen molar-refractivity contribution in [1.82, 2.24) is 9.88 Å². The molecule has 0 bridgehead atoms. The third kappa shape index (κ3) is 4.41. The average molecular weight is 375 g/mol. The van der Waals surface area contributed by atoms with Crippen LogP contribution in [0.15, 0.2) is 85.1 Å². The molecule has 0 aliphatic carbocycles. The molecule has 0 radical (unpaired) electrons. The lowest BCUT2D eigenvalue weighted by atomic mass is 10.1. The van der Waals surface area contributed by atoms with Gasteiger partial charge in [0, 0.05) is 35.2 Å². The van der Waals surface area contributed by atoms with Crippen molar-refractivity contribution >= 4 is 22.5 Å². The highest BCUT2D eigenvalue weighted by Gasteiger charge is 2.08. The second kappa shape index (κ2) is 8.43.